The van der Waals surface area contributed by atoms with Gasteiger partial charge in [-0.2, -0.15) is 0 Å². The predicted molar refractivity (Wildman–Crippen MR) is 78.4 cm³/mol. The molecular weight excluding hydrogens is 222 g/mol. The highest BCUT2D eigenvalue weighted by molar-refractivity contribution is 5.54. The molecule has 0 bridgehead atoms. The molecule has 0 aromatic heterocycles. The lowest BCUT2D eigenvalue weighted by Gasteiger charge is -2.34. The Morgan fingerprint density at radius 2 is 2.11 bits per heavy atom. The normalized spacial score (nSPS) is 21.1. The van der Waals surface area contributed by atoms with Gasteiger partial charge in [-0.3, -0.25) is 0 Å². The molecule has 1 atom stereocenters. The van der Waals surface area contributed by atoms with E-state index in [0.717, 1.165) is 26.2 Å². The van der Waals surface area contributed by atoms with Crippen molar-refractivity contribution in [1.82, 2.24) is 10.2 Å². The summed E-state index contributed by atoms with van der Waals surface area (Å²) in [6, 6.07) is 9.29. The first kappa shape index (κ1) is 13.4. The van der Waals surface area contributed by atoms with Gasteiger partial charge < -0.3 is 15.1 Å². The fourth-order valence-corrected chi connectivity index (χ4v) is 2.72. The minimum Gasteiger partial charge on any atom is -0.366 e. The van der Waals surface area contributed by atoms with Crippen LogP contribution >= 0.6 is 0 Å². The van der Waals surface area contributed by atoms with Gasteiger partial charge in [-0.15, -0.1) is 0 Å². The maximum absolute atomic E-state index is 3.55. The molecule has 1 heterocycles. The minimum absolute atomic E-state index is 0.559. The van der Waals surface area contributed by atoms with Crippen LogP contribution in [0.1, 0.15) is 12.0 Å². The lowest BCUT2D eigenvalue weighted by Crippen LogP contribution is -2.46. The fraction of sp³-hybridized carbons (Fsp3) is 0.600. The summed E-state index contributed by atoms with van der Waals surface area (Å²) in [5, 5.41) is 3.55. The molecular formula is C15H25N3. The number of nitrogens with one attached hydrogen (secondary N) is 1. The number of rotatable bonds is 3. The minimum atomic E-state index is 0.559. The van der Waals surface area contributed by atoms with Gasteiger partial charge in [-0.05, 0) is 45.6 Å². The van der Waals surface area contributed by atoms with Crippen LogP contribution in [-0.4, -0.2) is 51.2 Å². The summed E-state index contributed by atoms with van der Waals surface area (Å²) >= 11 is 0. The number of likely N-dealkylation sites (N-methyl/N-ethyl adjacent to an activating group) is 1. The maximum Gasteiger partial charge on any atom is 0.0541 e. The fourth-order valence-electron chi connectivity index (χ4n) is 2.72. The molecule has 0 saturated carbocycles. The van der Waals surface area contributed by atoms with E-state index in [-0.39, 0.29) is 0 Å². The second kappa shape index (κ2) is 6.21. The molecule has 2 rings (SSSR count). The van der Waals surface area contributed by atoms with Crippen LogP contribution in [0.25, 0.3) is 0 Å². The largest absolute Gasteiger partial charge is 0.366 e. The van der Waals surface area contributed by atoms with Crippen molar-refractivity contribution in [3.8, 4) is 0 Å². The number of anilines is 1. The maximum atomic E-state index is 3.55. The standard InChI is InChI=1S/C15H25N3/c1-13-7-4-5-8-15(13)18-10-6-9-16-11-14(18)12-17(2)3/h4-5,7-8,14,16H,6,9-12H2,1-3H3. The van der Waals surface area contributed by atoms with Crippen molar-refractivity contribution >= 4 is 5.69 Å². The first-order chi connectivity index (χ1) is 8.68. The molecule has 18 heavy (non-hydrogen) atoms. The summed E-state index contributed by atoms with van der Waals surface area (Å²) in [5.74, 6) is 0. The molecule has 0 aliphatic carbocycles. The molecule has 1 aromatic carbocycles. The molecule has 1 aliphatic rings. The van der Waals surface area contributed by atoms with Gasteiger partial charge in [-0.25, -0.2) is 0 Å². The zero-order valence-electron chi connectivity index (χ0n) is 11.8. The third kappa shape index (κ3) is 3.24. The van der Waals surface area contributed by atoms with Crippen molar-refractivity contribution in [2.45, 2.75) is 19.4 Å². The molecule has 1 aliphatic heterocycles. The molecule has 1 saturated heterocycles. The molecule has 1 unspecified atom stereocenters. The highest BCUT2D eigenvalue weighted by Gasteiger charge is 2.22. The summed E-state index contributed by atoms with van der Waals surface area (Å²) in [4.78, 5) is 4.86. The van der Waals surface area contributed by atoms with Crippen LogP contribution in [0.3, 0.4) is 0 Å². The SMILES string of the molecule is Cc1ccccc1N1CCCNCC1CN(C)C. The van der Waals surface area contributed by atoms with Crippen LogP contribution in [0.15, 0.2) is 24.3 Å². The van der Waals surface area contributed by atoms with Crippen LogP contribution in [0.2, 0.25) is 0 Å². The summed E-state index contributed by atoms with van der Waals surface area (Å²) in [7, 11) is 4.31. The van der Waals surface area contributed by atoms with E-state index in [9.17, 15) is 0 Å². The van der Waals surface area contributed by atoms with Crippen LogP contribution in [-0.2, 0) is 0 Å². The zero-order valence-corrected chi connectivity index (χ0v) is 11.8. The number of benzene rings is 1. The van der Waals surface area contributed by atoms with Crippen molar-refractivity contribution in [3.05, 3.63) is 29.8 Å². The molecule has 1 aromatic rings. The number of para-hydroxylation sites is 1. The first-order valence-electron chi connectivity index (χ1n) is 6.86. The first-order valence-corrected chi connectivity index (χ1v) is 6.86. The second-order valence-corrected chi connectivity index (χ2v) is 5.45. The molecule has 1 N–H and O–H groups in total. The monoisotopic (exact) mass is 247 g/mol. The highest BCUT2D eigenvalue weighted by atomic mass is 15.2. The average molecular weight is 247 g/mol. The third-order valence-corrected chi connectivity index (χ3v) is 3.57. The smallest absolute Gasteiger partial charge is 0.0541 e. The van der Waals surface area contributed by atoms with Gasteiger partial charge in [0.15, 0.2) is 0 Å². The van der Waals surface area contributed by atoms with Crippen LogP contribution in [0, 0.1) is 6.92 Å². The van der Waals surface area contributed by atoms with Crippen LogP contribution in [0.4, 0.5) is 5.69 Å². The Morgan fingerprint density at radius 3 is 2.83 bits per heavy atom. The van der Waals surface area contributed by atoms with Gasteiger partial charge in [0.25, 0.3) is 0 Å². The van der Waals surface area contributed by atoms with Crippen molar-refractivity contribution in [2.24, 2.45) is 0 Å². The van der Waals surface area contributed by atoms with Crippen molar-refractivity contribution in [3.63, 3.8) is 0 Å². The molecule has 3 heteroatoms. The van der Waals surface area contributed by atoms with Gasteiger partial charge in [0.1, 0.15) is 0 Å². The second-order valence-electron chi connectivity index (χ2n) is 5.45. The van der Waals surface area contributed by atoms with Crippen molar-refractivity contribution in [2.75, 3.05) is 45.2 Å². The van der Waals surface area contributed by atoms with Gasteiger partial charge in [-0.1, -0.05) is 18.2 Å². The van der Waals surface area contributed by atoms with E-state index in [2.05, 4.69) is 60.4 Å². The van der Waals surface area contributed by atoms with Gasteiger partial charge in [0.2, 0.25) is 0 Å². The summed E-state index contributed by atoms with van der Waals surface area (Å²) in [5.41, 5.74) is 2.77. The van der Waals surface area contributed by atoms with E-state index < -0.39 is 0 Å². The Bertz CT molecular complexity index is 376. The predicted octanol–water partition coefficient (Wildman–Crippen LogP) is 1.72. The summed E-state index contributed by atoms with van der Waals surface area (Å²) < 4.78 is 0. The van der Waals surface area contributed by atoms with E-state index in [1.807, 2.05) is 0 Å². The number of hydrogen-bond acceptors (Lipinski definition) is 3. The van der Waals surface area contributed by atoms with Crippen LogP contribution < -0.4 is 10.2 Å². The lowest BCUT2D eigenvalue weighted by molar-refractivity contribution is 0.361. The molecule has 1 fully saturated rings. The third-order valence-electron chi connectivity index (χ3n) is 3.57. The average Bonchev–Trinajstić information content (AvgIpc) is 2.55. The highest BCUT2D eigenvalue weighted by Crippen LogP contribution is 2.23. The molecule has 0 spiro atoms. The van der Waals surface area contributed by atoms with E-state index in [0.29, 0.717) is 6.04 Å². The van der Waals surface area contributed by atoms with Crippen molar-refractivity contribution in [1.29, 1.82) is 0 Å². The quantitative estimate of drug-likeness (QED) is 0.877. The zero-order chi connectivity index (χ0) is 13.0. The Hall–Kier alpha value is -1.06. The molecule has 0 amide bonds. The summed E-state index contributed by atoms with van der Waals surface area (Å²) in [6.45, 7) is 6.66. The van der Waals surface area contributed by atoms with E-state index in [1.54, 1.807) is 0 Å². The van der Waals surface area contributed by atoms with E-state index in [1.165, 1.54) is 17.7 Å². The molecule has 0 radical (unpaired) electrons. The Morgan fingerprint density at radius 1 is 1.33 bits per heavy atom. The van der Waals surface area contributed by atoms with Crippen molar-refractivity contribution < 1.29 is 0 Å². The summed E-state index contributed by atoms with van der Waals surface area (Å²) in [6.07, 6.45) is 1.22. The molecule has 100 valence electrons. The van der Waals surface area contributed by atoms with E-state index >= 15 is 0 Å². The van der Waals surface area contributed by atoms with Gasteiger partial charge in [0, 0.05) is 25.3 Å². The van der Waals surface area contributed by atoms with E-state index in [4.69, 9.17) is 0 Å². The Kier molecular flexibility index (Phi) is 4.61. The Balaban J connectivity index is 2.22. The topological polar surface area (TPSA) is 18.5 Å². The number of aryl methyl sites for hydroxylation is 1. The lowest BCUT2D eigenvalue weighted by atomic mass is 10.1. The van der Waals surface area contributed by atoms with Gasteiger partial charge >= 0.3 is 0 Å². The molecule has 3 nitrogen and oxygen atoms in total. The Labute approximate surface area is 111 Å². The van der Waals surface area contributed by atoms with Gasteiger partial charge in [0.05, 0.1) is 6.04 Å². The number of nitrogens with zero attached hydrogens (tertiary/aromatic N) is 2. The number of hydrogen-bond donors (Lipinski definition) is 1. The van der Waals surface area contributed by atoms with Crippen LogP contribution in [0.5, 0.6) is 0 Å².